The van der Waals surface area contributed by atoms with Crippen LogP contribution in [0.25, 0.3) is 11.1 Å². The molecule has 7 nitrogen and oxygen atoms in total. The minimum Gasteiger partial charge on any atom is -0.481 e. The van der Waals surface area contributed by atoms with Crippen LogP contribution in [0.2, 0.25) is 0 Å². The Morgan fingerprint density at radius 1 is 0.973 bits per heavy atom. The Kier molecular flexibility index (Phi) is 10.7. The van der Waals surface area contributed by atoms with Gasteiger partial charge in [-0.1, -0.05) is 49.3 Å². The van der Waals surface area contributed by atoms with E-state index in [0.29, 0.717) is 25.7 Å². The molecule has 1 saturated heterocycles. The Bertz CT molecular complexity index is 1000. The number of hydrogen-bond donors (Lipinski definition) is 2. The molecule has 1 aromatic carbocycles. The van der Waals surface area contributed by atoms with Gasteiger partial charge in [-0.3, -0.25) is 14.7 Å². The third kappa shape index (κ3) is 8.20. The molecule has 0 radical (unpaired) electrons. The van der Waals surface area contributed by atoms with Gasteiger partial charge < -0.3 is 19.7 Å². The third-order valence-corrected chi connectivity index (χ3v) is 7.41. The SMILES string of the molecule is O=C(O)CC/C=C\CO[C@H]1[C@H](OCc2ccc(-c3cncc(CO)c3)cc2)CC[C@@H]1N1CCCCCC1. The molecule has 1 aromatic heterocycles. The zero-order valence-electron chi connectivity index (χ0n) is 21.6. The number of rotatable bonds is 12. The molecule has 7 heteroatoms. The number of carboxylic acid groups (broad SMARTS) is 1. The Morgan fingerprint density at radius 2 is 1.76 bits per heavy atom. The molecule has 2 aromatic rings. The summed E-state index contributed by atoms with van der Waals surface area (Å²) in [4.78, 5) is 17.6. The van der Waals surface area contributed by atoms with Crippen LogP contribution < -0.4 is 0 Å². The molecule has 1 saturated carbocycles. The summed E-state index contributed by atoms with van der Waals surface area (Å²) in [7, 11) is 0. The van der Waals surface area contributed by atoms with Crippen LogP contribution in [0.1, 0.15) is 62.5 Å². The van der Waals surface area contributed by atoms with Gasteiger partial charge in [-0.2, -0.15) is 0 Å². The molecule has 2 fully saturated rings. The van der Waals surface area contributed by atoms with E-state index >= 15 is 0 Å². The van der Waals surface area contributed by atoms with Gasteiger partial charge in [-0.15, -0.1) is 0 Å². The normalized spacial score (nSPS) is 22.9. The van der Waals surface area contributed by atoms with Gasteiger partial charge in [0.05, 0.1) is 32.0 Å². The number of carboxylic acids is 1. The zero-order valence-corrected chi connectivity index (χ0v) is 21.6. The van der Waals surface area contributed by atoms with E-state index in [9.17, 15) is 9.90 Å². The van der Waals surface area contributed by atoms with E-state index < -0.39 is 5.97 Å². The molecule has 4 rings (SSSR count). The lowest BCUT2D eigenvalue weighted by Crippen LogP contribution is -2.45. The van der Waals surface area contributed by atoms with Gasteiger partial charge in [0.1, 0.15) is 0 Å². The lowest BCUT2D eigenvalue weighted by molar-refractivity contribution is -0.136. The highest BCUT2D eigenvalue weighted by atomic mass is 16.5. The Balaban J connectivity index is 1.36. The van der Waals surface area contributed by atoms with Gasteiger partial charge in [0.25, 0.3) is 0 Å². The number of ether oxygens (including phenoxy) is 2. The van der Waals surface area contributed by atoms with Crippen LogP contribution in [0.15, 0.2) is 54.9 Å². The number of aromatic nitrogens is 1. The standard InChI is InChI=1S/C30H40N2O5/c33-21-24-18-26(20-31-19-24)25-11-9-23(10-12-25)22-37-28-14-13-27(32-15-5-1-2-6-16-32)30(28)36-17-7-3-4-8-29(34)35/h3,7,9-12,18-20,27-28,30,33H,1-2,4-6,8,13-17,21-22H2,(H,34,35)/b7-3-/t27-,28+,30+/m0/s1. The van der Waals surface area contributed by atoms with E-state index in [1.807, 2.05) is 24.4 Å². The first-order valence-corrected chi connectivity index (χ1v) is 13.6. The van der Waals surface area contributed by atoms with Gasteiger partial charge in [0, 0.05) is 30.4 Å². The number of pyridine rings is 1. The second-order valence-electron chi connectivity index (χ2n) is 10.1. The fourth-order valence-electron chi connectivity index (χ4n) is 5.41. The molecule has 200 valence electrons. The van der Waals surface area contributed by atoms with Gasteiger partial charge in [-0.25, -0.2) is 0 Å². The average Bonchev–Trinajstić information content (AvgIpc) is 3.12. The molecular formula is C30H40N2O5. The number of hydrogen-bond acceptors (Lipinski definition) is 6. The molecule has 0 amide bonds. The van der Waals surface area contributed by atoms with Crippen LogP contribution in [0.4, 0.5) is 0 Å². The highest BCUT2D eigenvalue weighted by Gasteiger charge is 2.40. The molecule has 0 bridgehead atoms. The van der Waals surface area contributed by atoms with Crippen molar-refractivity contribution in [2.75, 3.05) is 19.7 Å². The first kappa shape index (κ1) is 27.5. The molecule has 0 spiro atoms. The monoisotopic (exact) mass is 508 g/mol. The summed E-state index contributed by atoms with van der Waals surface area (Å²) >= 11 is 0. The van der Waals surface area contributed by atoms with E-state index in [1.165, 1.54) is 25.7 Å². The number of benzene rings is 1. The predicted molar refractivity (Wildman–Crippen MR) is 143 cm³/mol. The molecule has 37 heavy (non-hydrogen) atoms. The number of likely N-dealkylation sites (tertiary alicyclic amines) is 1. The van der Waals surface area contributed by atoms with Crippen LogP contribution >= 0.6 is 0 Å². The summed E-state index contributed by atoms with van der Waals surface area (Å²) in [5.41, 5.74) is 3.96. The number of aliphatic hydroxyl groups is 1. The van der Waals surface area contributed by atoms with E-state index in [4.69, 9.17) is 14.6 Å². The highest BCUT2D eigenvalue weighted by molar-refractivity contribution is 5.66. The summed E-state index contributed by atoms with van der Waals surface area (Å²) < 4.78 is 12.8. The minimum atomic E-state index is -0.778. The van der Waals surface area contributed by atoms with Gasteiger partial charge >= 0.3 is 5.97 Å². The number of allylic oxidation sites excluding steroid dienone is 1. The summed E-state index contributed by atoms with van der Waals surface area (Å²) in [6, 6.07) is 10.6. The molecule has 2 aliphatic rings. The summed E-state index contributed by atoms with van der Waals surface area (Å²) in [5, 5.41) is 18.2. The average molecular weight is 509 g/mol. The largest absolute Gasteiger partial charge is 0.481 e. The Morgan fingerprint density at radius 3 is 2.49 bits per heavy atom. The van der Waals surface area contributed by atoms with Crippen molar-refractivity contribution in [1.29, 1.82) is 0 Å². The van der Waals surface area contributed by atoms with Crippen molar-refractivity contribution >= 4 is 5.97 Å². The van der Waals surface area contributed by atoms with E-state index in [0.717, 1.165) is 48.2 Å². The molecule has 1 aliphatic carbocycles. The van der Waals surface area contributed by atoms with E-state index in [1.54, 1.807) is 6.20 Å². The molecule has 1 aliphatic heterocycles. The van der Waals surface area contributed by atoms with Crippen molar-refractivity contribution in [3.63, 3.8) is 0 Å². The Hall–Kier alpha value is -2.58. The summed E-state index contributed by atoms with van der Waals surface area (Å²) in [6.07, 6.45) is 15.2. The molecular weight excluding hydrogens is 468 g/mol. The third-order valence-electron chi connectivity index (χ3n) is 7.41. The van der Waals surface area contributed by atoms with Crippen molar-refractivity contribution < 1.29 is 24.5 Å². The van der Waals surface area contributed by atoms with Crippen molar-refractivity contribution in [3.8, 4) is 11.1 Å². The van der Waals surface area contributed by atoms with Gasteiger partial charge in [0.2, 0.25) is 0 Å². The van der Waals surface area contributed by atoms with Crippen LogP contribution in [0.5, 0.6) is 0 Å². The summed E-state index contributed by atoms with van der Waals surface area (Å²) in [5.74, 6) is -0.778. The van der Waals surface area contributed by atoms with Crippen LogP contribution in [-0.2, 0) is 27.5 Å². The topological polar surface area (TPSA) is 92.1 Å². The number of nitrogens with zero attached hydrogens (tertiary/aromatic N) is 2. The van der Waals surface area contributed by atoms with Crippen molar-refractivity contribution in [2.45, 2.75) is 82.8 Å². The number of aliphatic hydroxyl groups excluding tert-OH is 1. The number of carbonyl (C=O) groups is 1. The molecule has 2 heterocycles. The highest BCUT2D eigenvalue weighted by Crippen LogP contribution is 2.32. The fraction of sp³-hybridized carbons (Fsp3) is 0.533. The maximum atomic E-state index is 10.7. The maximum Gasteiger partial charge on any atom is 0.303 e. The van der Waals surface area contributed by atoms with Crippen molar-refractivity contribution in [2.24, 2.45) is 0 Å². The Labute approximate surface area is 220 Å². The summed E-state index contributed by atoms with van der Waals surface area (Å²) in [6.45, 7) is 3.23. The van der Waals surface area contributed by atoms with Crippen LogP contribution in [0.3, 0.4) is 0 Å². The van der Waals surface area contributed by atoms with Gasteiger partial charge in [-0.05, 0) is 68.0 Å². The second-order valence-corrected chi connectivity index (χ2v) is 10.1. The van der Waals surface area contributed by atoms with Crippen LogP contribution in [-0.4, -0.2) is 64.0 Å². The van der Waals surface area contributed by atoms with Gasteiger partial charge in [0.15, 0.2) is 0 Å². The van der Waals surface area contributed by atoms with E-state index in [-0.39, 0.29) is 25.2 Å². The molecule has 3 atom stereocenters. The lowest BCUT2D eigenvalue weighted by Gasteiger charge is -2.33. The van der Waals surface area contributed by atoms with E-state index in [2.05, 4.69) is 34.1 Å². The van der Waals surface area contributed by atoms with Crippen molar-refractivity contribution in [3.05, 3.63) is 66.0 Å². The fourth-order valence-corrected chi connectivity index (χ4v) is 5.41. The lowest BCUT2D eigenvalue weighted by atomic mass is 10.0. The molecule has 2 N–H and O–H groups in total. The number of aliphatic carboxylic acids is 1. The predicted octanol–water partition coefficient (Wildman–Crippen LogP) is 4.97. The first-order chi connectivity index (χ1) is 18.1. The maximum absolute atomic E-state index is 10.7. The van der Waals surface area contributed by atoms with Crippen LogP contribution in [0, 0.1) is 0 Å². The first-order valence-electron chi connectivity index (χ1n) is 13.6. The quantitative estimate of drug-likeness (QED) is 0.391. The second kappa shape index (κ2) is 14.4. The smallest absolute Gasteiger partial charge is 0.303 e. The zero-order chi connectivity index (χ0) is 25.9. The van der Waals surface area contributed by atoms with Crippen molar-refractivity contribution in [1.82, 2.24) is 9.88 Å². The molecule has 0 unspecified atom stereocenters. The minimum absolute atomic E-state index is 0.00814.